The monoisotopic (exact) mass is 467 g/mol. The lowest BCUT2D eigenvalue weighted by Gasteiger charge is -2.38. The molecule has 1 unspecified atom stereocenters. The lowest BCUT2D eigenvalue weighted by molar-refractivity contribution is -0.130. The van der Waals surface area contributed by atoms with Crippen LogP contribution >= 0.6 is 0 Å². The Morgan fingerprint density at radius 3 is 2.35 bits per heavy atom. The fourth-order valence-corrected chi connectivity index (χ4v) is 5.47. The van der Waals surface area contributed by atoms with Crippen LogP contribution in [0.3, 0.4) is 0 Å². The third kappa shape index (κ3) is 4.64. The molecule has 3 fully saturated rings. The number of aromatic nitrogens is 3. The maximum Gasteiger partial charge on any atom is 0.244 e. The van der Waals surface area contributed by atoms with E-state index in [2.05, 4.69) is 19.9 Å². The molecule has 0 aliphatic carbocycles. The Morgan fingerprint density at radius 2 is 1.65 bits per heavy atom. The van der Waals surface area contributed by atoms with Gasteiger partial charge in [0.15, 0.2) is 0 Å². The van der Waals surface area contributed by atoms with Crippen LogP contribution in [0.5, 0.6) is 0 Å². The summed E-state index contributed by atoms with van der Waals surface area (Å²) in [6.45, 7) is 8.85. The molecule has 5 rings (SSSR count). The molecule has 0 saturated carbocycles. The molecule has 3 aliphatic heterocycles. The predicted octanol–water partition coefficient (Wildman–Crippen LogP) is 1.95. The molecule has 0 radical (unpaired) electrons. The van der Waals surface area contributed by atoms with Crippen molar-refractivity contribution in [2.75, 3.05) is 50.7 Å². The van der Waals surface area contributed by atoms with E-state index in [1.807, 2.05) is 21.9 Å². The van der Waals surface area contributed by atoms with E-state index in [1.165, 1.54) is 0 Å². The van der Waals surface area contributed by atoms with E-state index in [1.54, 1.807) is 20.0 Å². The van der Waals surface area contributed by atoms with Crippen molar-refractivity contribution in [2.24, 2.45) is 0 Å². The van der Waals surface area contributed by atoms with Gasteiger partial charge in [0.1, 0.15) is 5.82 Å². The molecule has 182 valence electrons. The quantitative estimate of drug-likeness (QED) is 0.673. The van der Waals surface area contributed by atoms with Crippen LogP contribution in [0.25, 0.3) is 11.4 Å². The molecule has 0 aromatic carbocycles. The van der Waals surface area contributed by atoms with Gasteiger partial charge in [0.25, 0.3) is 0 Å². The highest BCUT2D eigenvalue weighted by Gasteiger charge is 2.37. The number of piperazine rings is 1. The number of piperidine rings is 1. The van der Waals surface area contributed by atoms with Crippen molar-refractivity contribution < 1.29 is 14.1 Å². The van der Waals surface area contributed by atoms with E-state index in [4.69, 9.17) is 9.51 Å². The molecule has 34 heavy (non-hydrogen) atoms. The molecule has 1 atom stereocenters. The highest BCUT2D eigenvalue weighted by atomic mass is 16.5. The number of nitrogens with zero attached hydrogens (tertiary/aromatic N) is 7. The summed E-state index contributed by atoms with van der Waals surface area (Å²) >= 11 is 0. The molecule has 0 spiro atoms. The van der Waals surface area contributed by atoms with Gasteiger partial charge in [0.05, 0.1) is 6.04 Å². The Hall–Kier alpha value is -3.01. The van der Waals surface area contributed by atoms with Gasteiger partial charge in [-0.1, -0.05) is 5.16 Å². The van der Waals surface area contributed by atoms with Gasteiger partial charge in [0.2, 0.25) is 23.5 Å². The van der Waals surface area contributed by atoms with E-state index in [0.29, 0.717) is 30.8 Å². The van der Waals surface area contributed by atoms with Crippen LogP contribution in [0, 0.1) is 0 Å². The molecule has 5 heterocycles. The minimum absolute atomic E-state index is 0.117. The molecule has 2 amide bonds. The Morgan fingerprint density at radius 1 is 0.941 bits per heavy atom. The van der Waals surface area contributed by atoms with Crippen molar-refractivity contribution in [3.05, 3.63) is 24.2 Å². The summed E-state index contributed by atoms with van der Waals surface area (Å²) in [4.78, 5) is 41.1. The Bertz CT molecular complexity index is 1030. The summed E-state index contributed by atoms with van der Waals surface area (Å²) < 4.78 is 5.76. The normalized spacial score (nSPS) is 22.4. The fourth-order valence-electron chi connectivity index (χ4n) is 5.47. The van der Waals surface area contributed by atoms with Gasteiger partial charge in [-0.2, -0.15) is 4.98 Å². The molecule has 10 nitrogen and oxygen atoms in total. The maximum atomic E-state index is 11.7. The first kappa shape index (κ1) is 22.8. The molecular formula is C24H33N7O3. The van der Waals surface area contributed by atoms with Gasteiger partial charge in [-0.05, 0) is 44.4 Å². The van der Waals surface area contributed by atoms with Crippen molar-refractivity contribution in [2.45, 2.75) is 51.6 Å². The second-order valence-corrected chi connectivity index (χ2v) is 9.49. The zero-order valence-electron chi connectivity index (χ0n) is 20.0. The Balaban J connectivity index is 1.26. The third-order valence-corrected chi connectivity index (χ3v) is 7.45. The Kier molecular flexibility index (Phi) is 6.49. The van der Waals surface area contributed by atoms with E-state index < -0.39 is 0 Å². The van der Waals surface area contributed by atoms with Crippen LogP contribution in [-0.4, -0.2) is 93.5 Å². The first-order valence-corrected chi connectivity index (χ1v) is 12.3. The topological polar surface area (TPSA) is 98.9 Å². The summed E-state index contributed by atoms with van der Waals surface area (Å²) in [6.07, 6.45) is 5.88. The van der Waals surface area contributed by atoms with Crippen LogP contribution in [0.15, 0.2) is 22.9 Å². The zero-order chi connectivity index (χ0) is 23.7. The van der Waals surface area contributed by atoms with Gasteiger partial charge < -0.3 is 19.2 Å². The average molecular weight is 468 g/mol. The van der Waals surface area contributed by atoms with Crippen LogP contribution in [0.4, 0.5) is 5.82 Å². The number of anilines is 1. The lowest BCUT2D eigenvalue weighted by Crippen LogP contribution is -2.48. The SMILES string of the molecule is CC(=O)N1CCC(N2CCCC2c2nc(-c3ccnc(N4CCN(C(C)=O)CC4)c3)no2)CC1. The molecule has 2 aromatic rings. The van der Waals surface area contributed by atoms with E-state index in [0.717, 1.165) is 69.8 Å². The summed E-state index contributed by atoms with van der Waals surface area (Å²) in [7, 11) is 0. The Labute approximate surface area is 199 Å². The number of carbonyl (C=O) groups is 2. The van der Waals surface area contributed by atoms with Crippen LogP contribution in [-0.2, 0) is 9.59 Å². The second kappa shape index (κ2) is 9.69. The smallest absolute Gasteiger partial charge is 0.244 e. The minimum Gasteiger partial charge on any atom is -0.353 e. The van der Waals surface area contributed by atoms with Crippen molar-refractivity contribution in [3.8, 4) is 11.4 Å². The predicted molar refractivity (Wildman–Crippen MR) is 126 cm³/mol. The number of rotatable bonds is 4. The number of carbonyl (C=O) groups excluding carboxylic acids is 2. The molecule has 0 bridgehead atoms. The highest BCUT2D eigenvalue weighted by molar-refractivity contribution is 5.74. The third-order valence-electron chi connectivity index (χ3n) is 7.45. The largest absolute Gasteiger partial charge is 0.353 e. The van der Waals surface area contributed by atoms with Crippen molar-refractivity contribution in [3.63, 3.8) is 0 Å². The first-order chi connectivity index (χ1) is 16.5. The van der Waals surface area contributed by atoms with Gasteiger partial charge in [0, 0.05) is 70.9 Å². The summed E-state index contributed by atoms with van der Waals surface area (Å²) in [6, 6.07) is 4.49. The number of hydrogen-bond acceptors (Lipinski definition) is 8. The van der Waals surface area contributed by atoms with Crippen molar-refractivity contribution >= 4 is 17.6 Å². The fraction of sp³-hybridized carbons (Fsp3) is 0.625. The molecule has 0 N–H and O–H groups in total. The van der Waals surface area contributed by atoms with Gasteiger partial charge in [-0.25, -0.2) is 4.98 Å². The van der Waals surface area contributed by atoms with Crippen LogP contribution in [0.2, 0.25) is 0 Å². The number of pyridine rings is 1. The van der Waals surface area contributed by atoms with Gasteiger partial charge >= 0.3 is 0 Å². The number of hydrogen-bond donors (Lipinski definition) is 0. The van der Waals surface area contributed by atoms with E-state index in [9.17, 15) is 9.59 Å². The summed E-state index contributed by atoms with van der Waals surface area (Å²) in [5.74, 6) is 2.41. The lowest BCUT2D eigenvalue weighted by atomic mass is 10.0. The first-order valence-electron chi connectivity index (χ1n) is 12.3. The van der Waals surface area contributed by atoms with Crippen molar-refractivity contribution in [1.29, 1.82) is 0 Å². The summed E-state index contributed by atoms with van der Waals surface area (Å²) in [5.41, 5.74) is 0.883. The van der Waals surface area contributed by atoms with E-state index in [-0.39, 0.29) is 17.9 Å². The zero-order valence-corrected chi connectivity index (χ0v) is 20.0. The van der Waals surface area contributed by atoms with Gasteiger partial charge in [-0.15, -0.1) is 0 Å². The van der Waals surface area contributed by atoms with Crippen molar-refractivity contribution in [1.82, 2.24) is 29.8 Å². The van der Waals surface area contributed by atoms with Gasteiger partial charge in [-0.3, -0.25) is 14.5 Å². The van der Waals surface area contributed by atoms with Crippen LogP contribution < -0.4 is 4.90 Å². The van der Waals surface area contributed by atoms with E-state index >= 15 is 0 Å². The second-order valence-electron chi connectivity index (χ2n) is 9.49. The molecule has 2 aromatic heterocycles. The standard InChI is InChI=1S/C24H33N7O3/c1-17(32)28-10-6-20(7-11-28)31-9-3-4-21(31)24-26-23(27-34-24)19-5-8-25-22(16-19)30-14-12-29(13-15-30)18(2)33/h5,8,16,20-21H,3-4,6-7,9-15H2,1-2H3. The molecule has 10 heteroatoms. The molecule has 3 saturated heterocycles. The maximum absolute atomic E-state index is 11.7. The highest BCUT2D eigenvalue weighted by Crippen LogP contribution is 2.36. The minimum atomic E-state index is 0.117. The molecular weight excluding hydrogens is 434 g/mol. The van der Waals surface area contributed by atoms with Crippen LogP contribution in [0.1, 0.15) is 51.5 Å². The molecule has 3 aliphatic rings. The number of amides is 2. The number of likely N-dealkylation sites (tertiary alicyclic amines) is 2. The average Bonchev–Trinajstić information content (AvgIpc) is 3.54. The summed E-state index contributed by atoms with van der Waals surface area (Å²) in [5, 5.41) is 4.30.